The molecule has 2 aromatic carbocycles. The summed E-state index contributed by atoms with van der Waals surface area (Å²) in [5.74, 6) is -0.443. The quantitative estimate of drug-likeness (QED) is 0.213. The highest BCUT2D eigenvalue weighted by molar-refractivity contribution is 9.10. The van der Waals surface area contributed by atoms with Crippen LogP contribution in [0.1, 0.15) is 16.8 Å². The van der Waals surface area contributed by atoms with E-state index in [2.05, 4.69) is 21.2 Å². The molecule has 0 atom stereocenters. The van der Waals surface area contributed by atoms with Gasteiger partial charge in [-0.1, -0.05) is 12.1 Å². The van der Waals surface area contributed by atoms with Gasteiger partial charge >= 0.3 is 11.6 Å². The summed E-state index contributed by atoms with van der Waals surface area (Å²) in [6, 6.07) is 13.1. The second kappa shape index (κ2) is 10.7. The third kappa shape index (κ3) is 6.16. The van der Waals surface area contributed by atoms with Gasteiger partial charge < -0.3 is 23.9 Å². The van der Waals surface area contributed by atoms with E-state index in [0.29, 0.717) is 35.2 Å². The first-order valence-electron chi connectivity index (χ1n) is 9.41. The minimum absolute atomic E-state index is 0.100. The lowest BCUT2D eigenvalue weighted by Crippen LogP contribution is -2.29. The van der Waals surface area contributed by atoms with E-state index in [9.17, 15) is 14.4 Å². The number of benzene rings is 2. The number of hydrogen-bond acceptors (Lipinski definition) is 7. The van der Waals surface area contributed by atoms with Gasteiger partial charge in [0.2, 0.25) is 0 Å². The van der Waals surface area contributed by atoms with Crippen LogP contribution in [0.15, 0.2) is 62.2 Å². The molecule has 8 nitrogen and oxygen atoms in total. The number of esters is 1. The predicted molar refractivity (Wildman–Crippen MR) is 117 cm³/mol. The van der Waals surface area contributed by atoms with Crippen molar-refractivity contribution in [2.45, 2.75) is 6.42 Å². The maximum Gasteiger partial charge on any atom is 0.349 e. The summed E-state index contributed by atoms with van der Waals surface area (Å²) in [5, 5.41) is 3.16. The molecule has 9 heteroatoms. The van der Waals surface area contributed by atoms with Crippen LogP contribution in [0, 0.1) is 0 Å². The minimum atomic E-state index is -0.780. The van der Waals surface area contributed by atoms with Crippen LogP contribution in [0.2, 0.25) is 0 Å². The molecule has 1 N–H and O–H groups in total. The van der Waals surface area contributed by atoms with Crippen molar-refractivity contribution in [3.05, 3.63) is 69.0 Å². The Hall–Kier alpha value is -3.17. The maximum atomic E-state index is 12.2. The molecular formula is C22H20BrNO7. The highest BCUT2D eigenvalue weighted by atomic mass is 79.9. The second-order valence-corrected chi connectivity index (χ2v) is 7.30. The van der Waals surface area contributed by atoms with Crippen molar-refractivity contribution in [3.8, 4) is 11.5 Å². The summed E-state index contributed by atoms with van der Waals surface area (Å²) >= 11 is 3.33. The number of carbonyl (C=O) groups excluding carboxylic acids is 2. The number of halogens is 1. The van der Waals surface area contributed by atoms with Crippen LogP contribution in [0.3, 0.4) is 0 Å². The number of hydrogen-bond donors (Lipinski definition) is 1. The standard InChI is InChI=1S/C22H20BrNO7/c1-28-10-4-9-24-21(26)16-11-14-7-8-15(12-19(14)31-22(16)27)30-20(25)13-29-18-6-3-2-5-17(18)23/h2-3,5-8,11-12H,4,9-10,13H2,1H3,(H,24,26). The van der Waals surface area contributed by atoms with E-state index in [1.54, 1.807) is 37.4 Å². The first kappa shape index (κ1) is 22.5. The Balaban J connectivity index is 1.65. The third-order valence-corrected chi connectivity index (χ3v) is 4.83. The molecule has 31 heavy (non-hydrogen) atoms. The first-order valence-corrected chi connectivity index (χ1v) is 10.2. The van der Waals surface area contributed by atoms with E-state index in [-0.39, 0.29) is 23.5 Å². The van der Waals surface area contributed by atoms with Crippen LogP contribution in [0.5, 0.6) is 11.5 Å². The lowest BCUT2D eigenvalue weighted by Gasteiger charge is -2.09. The van der Waals surface area contributed by atoms with E-state index in [1.807, 2.05) is 6.07 Å². The number of carbonyl (C=O) groups is 2. The second-order valence-electron chi connectivity index (χ2n) is 6.44. The highest BCUT2D eigenvalue weighted by Gasteiger charge is 2.15. The van der Waals surface area contributed by atoms with Crippen LogP contribution in [0.4, 0.5) is 0 Å². The summed E-state index contributed by atoms with van der Waals surface area (Å²) in [6.45, 7) is 0.579. The smallest absolute Gasteiger partial charge is 0.349 e. The van der Waals surface area contributed by atoms with Gasteiger partial charge in [-0.15, -0.1) is 0 Å². The van der Waals surface area contributed by atoms with E-state index >= 15 is 0 Å². The molecule has 0 saturated heterocycles. The molecular weight excluding hydrogens is 470 g/mol. The van der Waals surface area contributed by atoms with E-state index < -0.39 is 17.5 Å². The Labute approximate surface area is 186 Å². The normalized spacial score (nSPS) is 10.6. The van der Waals surface area contributed by atoms with Crippen LogP contribution in [0.25, 0.3) is 11.0 Å². The van der Waals surface area contributed by atoms with E-state index in [4.69, 9.17) is 18.6 Å². The van der Waals surface area contributed by atoms with Gasteiger partial charge in [0, 0.05) is 31.7 Å². The largest absolute Gasteiger partial charge is 0.481 e. The van der Waals surface area contributed by atoms with Gasteiger partial charge in [-0.05, 0) is 52.7 Å². The molecule has 1 amide bonds. The lowest BCUT2D eigenvalue weighted by molar-refractivity contribution is -0.136. The number of fused-ring (bicyclic) bond motifs is 1. The van der Waals surface area contributed by atoms with Crippen molar-refractivity contribution in [1.82, 2.24) is 5.32 Å². The molecule has 0 spiro atoms. The Morgan fingerprint density at radius 3 is 2.71 bits per heavy atom. The van der Waals surface area contributed by atoms with Gasteiger partial charge in [-0.2, -0.15) is 0 Å². The van der Waals surface area contributed by atoms with Crippen molar-refractivity contribution in [2.75, 3.05) is 26.9 Å². The summed E-state index contributed by atoms with van der Waals surface area (Å²) in [7, 11) is 1.57. The van der Waals surface area contributed by atoms with Gasteiger partial charge in [0.25, 0.3) is 5.91 Å². The topological polar surface area (TPSA) is 104 Å². The van der Waals surface area contributed by atoms with Crippen LogP contribution < -0.4 is 20.4 Å². The third-order valence-electron chi connectivity index (χ3n) is 4.18. The predicted octanol–water partition coefficient (Wildman–Crippen LogP) is 3.31. The Morgan fingerprint density at radius 1 is 1.13 bits per heavy atom. The fourth-order valence-corrected chi connectivity index (χ4v) is 3.09. The van der Waals surface area contributed by atoms with Crippen LogP contribution in [-0.4, -0.2) is 38.7 Å². The molecule has 3 rings (SSSR count). The average Bonchev–Trinajstić information content (AvgIpc) is 2.75. The SMILES string of the molecule is COCCCNC(=O)c1cc2ccc(OC(=O)COc3ccccc3Br)cc2oc1=O. The fraction of sp³-hybridized carbons (Fsp3) is 0.227. The van der Waals surface area contributed by atoms with Crippen molar-refractivity contribution in [2.24, 2.45) is 0 Å². The van der Waals surface area contributed by atoms with Crippen LogP contribution in [-0.2, 0) is 9.53 Å². The zero-order chi connectivity index (χ0) is 22.2. The van der Waals surface area contributed by atoms with Gasteiger partial charge in [-0.3, -0.25) is 4.79 Å². The highest BCUT2D eigenvalue weighted by Crippen LogP contribution is 2.24. The minimum Gasteiger partial charge on any atom is -0.481 e. The van der Waals surface area contributed by atoms with Crippen molar-refractivity contribution in [3.63, 3.8) is 0 Å². The number of amides is 1. The Bertz CT molecular complexity index is 1140. The molecule has 0 aliphatic rings. The van der Waals surface area contributed by atoms with E-state index in [1.165, 1.54) is 12.1 Å². The number of ether oxygens (including phenoxy) is 3. The van der Waals surface area contributed by atoms with Gasteiger partial charge in [0.05, 0.1) is 4.47 Å². The van der Waals surface area contributed by atoms with Crippen molar-refractivity contribution >= 4 is 38.8 Å². The van der Waals surface area contributed by atoms with Gasteiger partial charge in [-0.25, -0.2) is 9.59 Å². The molecule has 0 fully saturated rings. The molecule has 3 aromatic rings. The Kier molecular flexibility index (Phi) is 7.80. The molecule has 162 valence electrons. The molecule has 0 radical (unpaired) electrons. The van der Waals surface area contributed by atoms with Crippen LogP contribution >= 0.6 is 15.9 Å². The molecule has 1 heterocycles. The molecule has 0 bridgehead atoms. The number of rotatable bonds is 9. The molecule has 0 aliphatic carbocycles. The van der Waals surface area contributed by atoms with E-state index in [0.717, 1.165) is 0 Å². The lowest BCUT2D eigenvalue weighted by atomic mass is 10.1. The monoisotopic (exact) mass is 489 g/mol. The molecule has 0 aliphatic heterocycles. The molecule has 1 aromatic heterocycles. The number of para-hydroxylation sites is 1. The first-order chi connectivity index (χ1) is 15.0. The van der Waals surface area contributed by atoms with Crippen molar-refractivity contribution in [1.29, 1.82) is 0 Å². The summed E-state index contributed by atoms with van der Waals surface area (Å²) in [4.78, 5) is 36.5. The summed E-state index contributed by atoms with van der Waals surface area (Å²) in [5.41, 5.74) is -0.688. The fourth-order valence-electron chi connectivity index (χ4n) is 2.69. The zero-order valence-corrected chi connectivity index (χ0v) is 18.3. The van der Waals surface area contributed by atoms with Gasteiger partial charge in [0.1, 0.15) is 22.6 Å². The summed E-state index contributed by atoms with van der Waals surface area (Å²) < 4.78 is 21.5. The molecule has 0 saturated carbocycles. The Morgan fingerprint density at radius 2 is 1.94 bits per heavy atom. The maximum absolute atomic E-state index is 12.2. The molecule has 0 unspecified atom stereocenters. The van der Waals surface area contributed by atoms with Crippen molar-refractivity contribution < 1.29 is 28.2 Å². The average molecular weight is 490 g/mol. The zero-order valence-electron chi connectivity index (χ0n) is 16.7. The summed E-state index contributed by atoms with van der Waals surface area (Å²) in [6.07, 6.45) is 0.626. The van der Waals surface area contributed by atoms with Gasteiger partial charge in [0.15, 0.2) is 6.61 Å². The number of nitrogens with one attached hydrogen (secondary N) is 1. The number of methoxy groups -OCH3 is 1.